The second kappa shape index (κ2) is 25.9. The number of hydrogen-bond acceptors (Lipinski definition) is 14. The van der Waals surface area contributed by atoms with Gasteiger partial charge < -0.3 is 63.6 Å². The van der Waals surface area contributed by atoms with Crippen molar-refractivity contribution in [3.05, 3.63) is 46.5 Å². The molecule has 5 amide bonds. The van der Waals surface area contributed by atoms with Crippen LogP contribution < -0.4 is 25.6 Å². The molecule has 3 heterocycles. The zero-order chi connectivity index (χ0) is 51.2. The second-order valence-electron chi connectivity index (χ2n) is 18.5. The number of unbranched alkanes of at least 4 members (excludes halogenated alkanes) is 1. The van der Waals surface area contributed by atoms with E-state index in [1.54, 1.807) is 28.0 Å². The lowest BCUT2D eigenvalue weighted by atomic mass is 9.84. The van der Waals surface area contributed by atoms with E-state index >= 15 is 0 Å². The summed E-state index contributed by atoms with van der Waals surface area (Å²) in [4.78, 5) is 81.1. The van der Waals surface area contributed by atoms with Crippen LogP contribution in [0.2, 0.25) is 5.02 Å². The minimum absolute atomic E-state index is 0.0889. The number of carbonyl (C=O) groups excluding carboxylic acids is 6. The molecule has 21 heteroatoms. The Bertz CT molecular complexity index is 2100. The van der Waals surface area contributed by atoms with Crippen LogP contribution >= 0.6 is 27.5 Å². The summed E-state index contributed by atoms with van der Waals surface area (Å²) >= 11 is 9.91. The van der Waals surface area contributed by atoms with Crippen LogP contribution in [0.4, 0.5) is 10.5 Å². The predicted molar refractivity (Wildman–Crippen MR) is 263 cm³/mol. The van der Waals surface area contributed by atoms with Crippen LogP contribution in [-0.2, 0) is 63.6 Å². The number of carbonyl (C=O) groups is 6. The van der Waals surface area contributed by atoms with Crippen molar-refractivity contribution in [1.82, 2.24) is 20.9 Å². The number of rotatable bonds is 23. The molecule has 2 saturated heterocycles. The summed E-state index contributed by atoms with van der Waals surface area (Å²) < 4.78 is 46.5. The van der Waals surface area contributed by atoms with Gasteiger partial charge >= 0.3 is 12.1 Å². The number of nitrogens with one attached hydrogen (secondary N) is 3. The highest BCUT2D eigenvalue weighted by molar-refractivity contribution is 9.09. The van der Waals surface area contributed by atoms with E-state index in [2.05, 4.69) is 31.9 Å². The number of halogens is 2. The predicted octanol–water partition coefficient (Wildman–Crippen LogP) is 4.58. The highest BCUT2D eigenvalue weighted by atomic mass is 79.9. The van der Waals surface area contributed by atoms with Crippen LogP contribution in [0.3, 0.4) is 0 Å². The molecule has 3 aliphatic heterocycles. The normalized spacial score (nSPS) is 27.8. The monoisotopic (exact) mass is 1070 g/mol. The number of amides is 5. The van der Waals surface area contributed by atoms with Crippen molar-refractivity contribution >= 4 is 68.9 Å². The molecule has 5 rings (SSSR count). The summed E-state index contributed by atoms with van der Waals surface area (Å²) in [7, 11) is 6.22. The zero-order valence-corrected chi connectivity index (χ0v) is 44.0. The summed E-state index contributed by atoms with van der Waals surface area (Å²) in [5, 5.41) is 8.99. The quantitative estimate of drug-likeness (QED) is 0.0592. The van der Waals surface area contributed by atoms with E-state index in [-0.39, 0.29) is 47.3 Å². The van der Waals surface area contributed by atoms with E-state index in [1.165, 1.54) is 24.0 Å². The number of alkyl halides is 1. The van der Waals surface area contributed by atoms with E-state index in [4.69, 9.17) is 49.5 Å². The number of methoxy groups -OCH3 is 2. The maximum atomic E-state index is 14.3. The minimum Gasteiger partial charge on any atom is -0.495 e. The van der Waals surface area contributed by atoms with Crippen molar-refractivity contribution in [2.24, 2.45) is 5.92 Å². The van der Waals surface area contributed by atoms with Crippen LogP contribution in [0.5, 0.6) is 5.75 Å². The summed E-state index contributed by atoms with van der Waals surface area (Å²) in [6.45, 7) is 10.2. The molecule has 1 saturated carbocycles. The first-order chi connectivity index (χ1) is 33.3. The van der Waals surface area contributed by atoms with Crippen molar-refractivity contribution in [1.29, 1.82) is 0 Å². The SMILES string of the molecule is COc1cc2cc(c1Cl)N(C)C(=O)C[C@H](OC(=O)[C@H](C)N(C)C(=O)CCCCC(=O)NCCOCCOCCOCCNC(=O)CBr)C1(C)OC1[C@H](C)C1CC3(C[C@@]3(OC)/C=C/C=C(\C)C2)NC(=O)O1. The van der Waals surface area contributed by atoms with Gasteiger partial charge in [0.15, 0.2) is 0 Å². The number of benzene rings is 1. The van der Waals surface area contributed by atoms with Gasteiger partial charge in [-0.25, -0.2) is 9.59 Å². The summed E-state index contributed by atoms with van der Waals surface area (Å²) in [5.41, 5.74) is -0.422. The van der Waals surface area contributed by atoms with Crippen molar-refractivity contribution in [2.75, 3.05) is 91.3 Å². The zero-order valence-electron chi connectivity index (χ0n) is 41.7. The molecule has 19 nitrogen and oxygen atoms in total. The van der Waals surface area contributed by atoms with Gasteiger partial charge in [0, 0.05) is 65.9 Å². The van der Waals surface area contributed by atoms with Crippen LogP contribution in [-0.4, -0.2) is 168 Å². The molecule has 3 fully saturated rings. The molecule has 1 aliphatic carbocycles. The largest absolute Gasteiger partial charge is 0.495 e. The van der Waals surface area contributed by atoms with E-state index < -0.39 is 65.0 Å². The number of likely N-dealkylation sites (N-methyl/N-ethyl adjacent to an activating group) is 1. The molecule has 4 aliphatic rings. The third kappa shape index (κ3) is 14.7. The number of nitrogens with zero attached hydrogens (tertiary/aromatic N) is 2. The van der Waals surface area contributed by atoms with E-state index in [0.29, 0.717) is 96.3 Å². The number of epoxide rings is 1. The summed E-state index contributed by atoms with van der Waals surface area (Å²) in [5.74, 6) is -1.76. The first kappa shape index (κ1) is 56.6. The van der Waals surface area contributed by atoms with E-state index in [9.17, 15) is 28.8 Å². The smallest absolute Gasteiger partial charge is 0.407 e. The minimum atomic E-state index is -1.18. The fourth-order valence-electron chi connectivity index (χ4n) is 8.99. The Morgan fingerprint density at radius 3 is 2.29 bits per heavy atom. The van der Waals surface area contributed by atoms with Crippen LogP contribution in [0.15, 0.2) is 35.9 Å². The standard InChI is InChI=1S/C49H71BrClN5O14/c1-31-12-11-15-49(64-8)30-48(49)28-37(68-46(62)54-48)32(2)44-47(4,70-44)38(27-42(60)56(6)35-25-34(24-31)26-36(63-7)43(35)51)69-45(61)33(3)55(5)41(59)14-10-9-13-39(57)52-16-18-65-20-22-67-23-21-66-19-17-53-40(58)29-50/h11-12,15,25-26,32-33,37-38,44H,9-10,13-14,16-24,27-30H2,1-8H3,(H,52,57)(H,53,58)(H,54,62)/b15-11+,31-12+/t32-,33+,37?,38+,44?,47?,48?,49+/m1/s1. The van der Waals surface area contributed by atoms with Crippen molar-refractivity contribution < 1.29 is 66.7 Å². The van der Waals surface area contributed by atoms with Gasteiger partial charge in [-0.3, -0.25) is 19.2 Å². The number of fused-ring (bicyclic) bond motifs is 4. The Morgan fingerprint density at radius 1 is 1.00 bits per heavy atom. The van der Waals surface area contributed by atoms with Gasteiger partial charge in [-0.05, 0) is 57.7 Å². The number of hydrogen-bond donors (Lipinski definition) is 3. The van der Waals surface area contributed by atoms with E-state index in [1.807, 2.05) is 44.2 Å². The first-order valence-electron chi connectivity index (χ1n) is 23.8. The topological polar surface area (TPSA) is 222 Å². The molecule has 4 bridgehead atoms. The number of alkyl carbamates (subject to hydrolysis) is 1. The number of anilines is 1. The van der Waals surface area contributed by atoms with Crippen LogP contribution in [0, 0.1) is 5.92 Å². The van der Waals surface area contributed by atoms with Gasteiger partial charge in [-0.1, -0.05) is 58.3 Å². The summed E-state index contributed by atoms with van der Waals surface area (Å²) in [6.07, 6.45) is 5.31. The fraction of sp³-hybridized carbons (Fsp3) is 0.673. The number of esters is 1. The molecule has 1 spiro atoms. The van der Waals surface area contributed by atoms with Crippen LogP contribution in [0.25, 0.3) is 0 Å². The molecule has 390 valence electrons. The van der Waals surface area contributed by atoms with Gasteiger partial charge in [-0.2, -0.15) is 0 Å². The Hall–Kier alpha value is -4.31. The molecule has 1 aromatic carbocycles. The number of ether oxygens (including phenoxy) is 8. The molecule has 0 radical (unpaired) electrons. The third-order valence-corrected chi connectivity index (χ3v) is 14.5. The molecule has 70 heavy (non-hydrogen) atoms. The third-order valence-electron chi connectivity index (χ3n) is 13.6. The first-order valence-corrected chi connectivity index (χ1v) is 25.3. The lowest BCUT2D eigenvalue weighted by Crippen LogP contribution is -2.54. The Balaban J connectivity index is 1.15. The molecular formula is C49H71BrClN5O14. The highest BCUT2D eigenvalue weighted by Gasteiger charge is 2.72. The number of allylic oxidation sites excluding steroid dienone is 3. The lowest BCUT2D eigenvalue weighted by molar-refractivity contribution is -0.162. The molecular weight excluding hydrogens is 998 g/mol. The van der Waals surface area contributed by atoms with Crippen molar-refractivity contribution in [3.8, 4) is 5.75 Å². The molecule has 0 aromatic heterocycles. The van der Waals surface area contributed by atoms with Gasteiger partial charge in [-0.15, -0.1) is 0 Å². The molecule has 3 N–H and O–H groups in total. The van der Waals surface area contributed by atoms with Gasteiger partial charge in [0.25, 0.3) is 0 Å². The average Bonchev–Trinajstić information content (AvgIpc) is 4.21. The Morgan fingerprint density at radius 2 is 1.64 bits per heavy atom. The lowest BCUT2D eigenvalue weighted by Gasteiger charge is -2.36. The Kier molecular flexibility index (Phi) is 20.9. The molecule has 4 unspecified atom stereocenters. The second-order valence-corrected chi connectivity index (χ2v) is 19.5. The van der Waals surface area contributed by atoms with Crippen molar-refractivity contribution in [2.45, 2.75) is 120 Å². The van der Waals surface area contributed by atoms with E-state index in [0.717, 1.165) is 11.1 Å². The van der Waals surface area contributed by atoms with Gasteiger partial charge in [0.2, 0.25) is 23.6 Å². The molecule has 8 atom stereocenters. The maximum Gasteiger partial charge on any atom is 0.407 e. The average molecular weight is 1070 g/mol. The maximum absolute atomic E-state index is 14.3. The molecule has 1 aromatic rings. The van der Waals surface area contributed by atoms with Crippen LogP contribution in [0.1, 0.15) is 78.2 Å². The van der Waals surface area contributed by atoms with Crippen molar-refractivity contribution in [3.63, 3.8) is 0 Å². The van der Waals surface area contributed by atoms with Gasteiger partial charge in [0.05, 0.1) is 75.8 Å². The fourth-order valence-corrected chi connectivity index (χ4v) is 9.51. The Labute approximate surface area is 424 Å². The highest BCUT2D eigenvalue weighted by Crippen LogP contribution is 2.58. The summed E-state index contributed by atoms with van der Waals surface area (Å²) in [6, 6.07) is 2.61. The van der Waals surface area contributed by atoms with Gasteiger partial charge in [0.1, 0.15) is 40.2 Å².